The maximum atomic E-state index is 13.9. The normalized spacial score (nSPS) is 23.2. The van der Waals surface area contributed by atoms with Crippen LogP contribution in [0.1, 0.15) is 68.4 Å². The van der Waals surface area contributed by atoms with Crippen molar-refractivity contribution >= 4 is 23.4 Å². The van der Waals surface area contributed by atoms with E-state index in [0.717, 1.165) is 74.5 Å². The molecule has 9 nitrogen and oxygen atoms in total. The monoisotopic (exact) mass is 618 g/mol. The number of nitrogens with one attached hydrogen (secondary N) is 1. The fraction of sp³-hybridized carbons (Fsp3) is 0.583. The number of carbonyl (C=O) groups excluding carboxylic acids is 3. The molecule has 3 aliphatic heterocycles. The number of nitrogens with zero attached hydrogens (tertiary/aromatic N) is 3. The lowest BCUT2D eigenvalue weighted by molar-refractivity contribution is -0.143. The van der Waals surface area contributed by atoms with Crippen molar-refractivity contribution in [2.75, 3.05) is 57.5 Å². The summed E-state index contributed by atoms with van der Waals surface area (Å²) in [6.07, 6.45) is 2.41. The molecule has 5 rings (SSSR count). The van der Waals surface area contributed by atoms with Gasteiger partial charge in [0.15, 0.2) is 0 Å². The molecule has 3 amide bonds. The van der Waals surface area contributed by atoms with Gasteiger partial charge in [-0.25, -0.2) is 0 Å². The minimum Gasteiger partial charge on any atom is -0.381 e. The van der Waals surface area contributed by atoms with Crippen LogP contribution in [0.15, 0.2) is 36.4 Å². The van der Waals surface area contributed by atoms with E-state index in [2.05, 4.69) is 48.3 Å². The first-order chi connectivity index (χ1) is 21.7. The third-order valence-corrected chi connectivity index (χ3v) is 9.93. The predicted molar refractivity (Wildman–Crippen MR) is 176 cm³/mol. The van der Waals surface area contributed by atoms with Crippen molar-refractivity contribution in [3.05, 3.63) is 53.1 Å². The highest BCUT2D eigenvalue weighted by atomic mass is 16.5. The molecule has 0 bridgehead atoms. The van der Waals surface area contributed by atoms with Crippen LogP contribution in [0.3, 0.4) is 0 Å². The maximum absolute atomic E-state index is 13.9. The van der Waals surface area contributed by atoms with Crippen molar-refractivity contribution in [2.45, 2.75) is 72.5 Å². The number of amides is 3. The molecule has 0 radical (unpaired) electrons. The van der Waals surface area contributed by atoms with E-state index in [1.165, 1.54) is 5.56 Å². The van der Waals surface area contributed by atoms with Crippen LogP contribution in [0, 0.1) is 18.8 Å². The highest BCUT2D eigenvalue weighted by molar-refractivity contribution is 6.02. The summed E-state index contributed by atoms with van der Waals surface area (Å²) in [7, 11) is 0. The van der Waals surface area contributed by atoms with E-state index in [0.29, 0.717) is 25.3 Å². The molecule has 1 N–H and O–H groups in total. The molecule has 244 valence electrons. The van der Waals surface area contributed by atoms with Gasteiger partial charge in [0.1, 0.15) is 0 Å². The number of benzene rings is 2. The van der Waals surface area contributed by atoms with Crippen molar-refractivity contribution in [3.8, 4) is 11.1 Å². The highest BCUT2D eigenvalue weighted by Gasteiger charge is 2.37. The fourth-order valence-electron chi connectivity index (χ4n) is 7.30. The molecule has 9 heteroatoms. The zero-order valence-corrected chi connectivity index (χ0v) is 27.6. The van der Waals surface area contributed by atoms with Crippen LogP contribution in [0.5, 0.6) is 0 Å². The lowest BCUT2D eigenvalue weighted by Gasteiger charge is -2.40. The third-order valence-electron chi connectivity index (χ3n) is 9.93. The average molecular weight is 619 g/mol. The maximum Gasteiger partial charge on any atom is 0.251 e. The van der Waals surface area contributed by atoms with Crippen molar-refractivity contribution < 1.29 is 23.9 Å². The Labute approximate surface area is 268 Å². The van der Waals surface area contributed by atoms with E-state index in [4.69, 9.17) is 9.47 Å². The van der Waals surface area contributed by atoms with Gasteiger partial charge in [0.05, 0.1) is 19.1 Å². The lowest BCUT2D eigenvalue weighted by atomic mass is 9.82. The fourth-order valence-corrected chi connectivity index (χ4v) is 7.30. The number of likely N-dealkylation sites (tertiary alicyclic amines) is 1. The molecular weight excluding hydrogens is 568 g/mol. The van der Waals surface area contributed by atoms with Gasteiger partial charge in [-0.15, -0.1) is 0 Å². The summed E-state index contributed by atoms with van der Waals surface area (Å²) in [5.41, 5.74) is 5.12. The lowest BCUT2D eigenvalue weighted by Crippen LogP contribution is -2.52. The summed E-state index contributed by atoms with van der Waals surface area (Å²) in [5.74, 6) is -0.254. The highest BCUT2D eigenvalue weighted by Crippen LogP contribution is 2.35. The van der Waals surface area contributed by atoms with E-state index >= 15 is 0 Å². The number of carbonyl (C=O) groups is 3. The van der Waals surface area contributed by atoms with Crippen LogP contribution in [0.4, 0.5) is 5.69 Å². The topological polar surface area (TPSA) is 91.4 Å². The number of hydrogen-bond acceptors (Lipinski definition) is 6. The van der Waals surface area contributed by atoms with Crippen LogP contribution in [0.25, 0.3) is 11.1 Å². The second-order valence-electron chi connectivity index (χ2n) is 13.0. The Morgan fingerprint density at radius 1 is 0.978 bits per heavy atom. The Bertz CT molecular complexity index is 1350. The molecule has 2 aromatic carbocycles. The second kappa shape index (κ2) is 14.9. The summed E-state index contributed by atoms with van der Waals surface area (Å²) < 4.78 is 11.1. The Hall–Kier alpha value is -3.27. The van der Waals surface area contributed by atoms with Crippen LogP contribution in [-0.2, 0) is 25.6 Å². The van der Waals surface area contributed by atoms with E-state index < -0.39 is 0 Å². The zero-order chi connectivity index (χ0) is 32.1. The third kappa shape index (κ3) is 7.59. The number of hydrogen-bond donors (Lipinski definition) is 1. The van der Waals surface area contributed by atoms with E-state index in [1.54, 1.807) is 6.92 Å². The molecule has 3 heterocycles. The number of rotatable bonds is 9. The number of anilines is 1. The Balaban J connectivity index is 1.45. The van der Waals surface area contributed by atoms with Gasteiger partial charge < -0.3 is 24.6 Å². The average Bonchev–Trinajstić information content (AvgIpc) is 3.03. The second-order valence-corrected chi connectivity index (χ2v) is 13.0. The van der Waals surface area contributed by atoms with Crippen LogP contribution in [0.2, 0.25) is 0 Å². The van der Waals surface area contributed by atoms with Gasteiger partial charge in [0.2, 0.25) is 11.8 Å². The van der Waals surface area contributed by atoms with Crippen molar-refractivity contribution in [2.24, 2.45) is 11.8 Å². The van der Waals surface area contributed by atoms with Crippen molar-refractivity contribution in [1.82, 2.24) is 15.1 Å². The predicted octanol–water partition coefficient (Wildman–Crippen LogP) is 4.65. The first-order valence-electron chi connectivity index (χ1n) is 16.7. The van der Waals surface area contributed by atoms with Gasteiger partial charge in [-0.3, -0.25) is 19.3 Å². The van der Waals surface area contributed by atoms with Crippen molar-refractivity contribution in [1.29, 1.82) is 0 Å². The molecular formula is C36H50N4O5. The van der Waals surface area contributed by atoms with E-state index in [9.17, 15) is 14.4 Å². The molecule has 3 unspecified atom stereocenters. The quantitative estimate of drug-likeness (QED) is 0.440. The van der Waals surface area contributed by atoms with Crippen molar-refractivity contribution in [3.63, 3.8) is 0 Å². The first-order valence-corrected chi connectivity index (χ1v) is 16.7. The first kappa shape index (κ1) is 33.1. The number of piperidine rings is 1. The smallest absolute Gasteiger partial charge is 0.251 e. The SMILES string of the molecule is CCN1C(=O)C(CNC(=O)c2cc(-c3ccc(CN4CCOCC4)cc3)cc(N(C(C)=O)C3CCOCC3)c2C)C(C)CC1C. The molecule has 0 aliphatic carbocycles. The molecule has 0 aromatic heterocycles. The molecule has 0 spiro atoms. The van der Waals surface area contributed by atoms with Gasteiger partial charge in [-0.2, -0.15) is 0 Å². The van der Waals surface area contributed by atoms with Gasteiger partial charge in [-0.1, -0.05) is 31.2 Å². The number of morpholine rings is 1. The molecule has 0 saturated carbocycles. The minimum absolute atomic E-state index is 0.000244. The van der Waals surface area contributed by atoms with Gasteiger partial charge in [0, 0.05) is 76.2 Å². The summed E-state index contributed by atoms with van der Waals surface area (Å²) in [4.78, 5) is 46.6. The van der Waals surface area contributed by atoms with Crippen LogP contribution >= 0.6 is 0 Å². The Kier molecular flexibility index (Phi) is 10.9. The molecule has 3 fully saturated rings. The molecule has 45 heavy (non-hydrogen) atoms. The Morgan fingerprint density at radius 3 is 2.29 bits per heavy atom. The summed E-state index contributed by atoms with van der Waals surface area (Å²) in [6, 6.07) is 12.7. The zero-order valence-electron chi connectivity index (χ0n) is 27.6. The molecule has 3 atom stereocenters. The standard InChI is InChI=1S/C36H50N4O5/c1-6-39-25(3)19-24(2)33(36(39)43)22-37-35(42)32-20-30(29-9-7-28(8-10-29)23-38-13-17-45-18-14-38)21-34(26(32)4)40(27(5)41)31-11-15-44-16-12-31/h7-10,20-21,24-25,31,33H,6,11-19,22-23H2,1-5H3,(H,37,42). The Morgan fingerprint density at radius 2 is 1.64 bits per heavy atom. The molecule has 3 saturated heterocycles. The minimum atomic E-state index is -0.261. The van der Waals surface area contributed by atoms with Gasteiger partial charge in [0.25, 0.3) is 5.91 Å². The largest absolute Gasteiger partial charge is 0.381 e. The summed E-state index contributed by atoms with van der Waals surface area (Å²) in [6.45, 7) is 16.1. The molecule has 2 aromatic rings. The number of ether oxygens (including phenoxy) is 2. The van der Waals surface area contributed by atoms with Crippen LogP contribution in [-0.4, -0.2) is 92.2 Å². The summed E-state index contributed by atoms with van der Waals surface area (Å²) in [5, 5.41) is 3.11. The van der Waals surface area contributed by atoms with E-state index in [-0.39, 0.29) is 48.2 Å². The van der Waals surface area contributed by atoms with Crippen LogP contribution < -0.4 is 10.2 Å². The molecule has 3 aliphatic rings. The van der Waals surface area contributed by atoms with Gasteiger partial charge >= 0.3 is 0 Å². The van der Waals surface area contributed by atoms with Gasteiger partial charge in [-0.05, 0) is 80.3 Å². The van der Waals surface area contributed by atoms with E-state index in [1.807, 2.05) is 35.8 Å². The summed E-state index contributed by atoms with van der Waals surface area (Å²) >= 11 is 0.